The lowest BCUT2D eigenvalue weighted by Gasteiger charge is -2.37. The summed E-state index contributed by atoms with van der Waals surface area (Å²) in [5.74, 6) is -0.198. The summed E-state index contributed by atoms with van der Waals surface area (Å²) >= 11 is 0. The molecule has 1 N–H and O–H groups in total. The molecule has 0 radical (unpaired) electrons. The minimum atomic E-state index is -0.198. The van der Waals surface area contributed by atoms with Crippen LogP contribution in [0.1, 0.15) is 24.9 Å². The lowest BCUT2D eigenvalue weighted by Crippen LogP contribution is -2.47. The van der Waals surface area contributed by atoms with Crippen molar-refractivity contribution < 1.29 is 9.13 Å². The van der Waals surface area contributed by atoms with Gasteiger partial charge in [-0.2, -0.15) is 0 Å². The molecule has 0 saturated carbocycles. The van der Waals surface area contributed by atoms with Crippen molar-refractivity contribution in [2.24, 2.45) is 0 Å². The Balaban J connectivity index is 2.06. The minimum Gasteiger partial charge on any atom is -0.374 e. The number of hydrogen-bond acceptors (Lipinski definition) is 3. The summed E-state index contributed by atoms with van der Waals surface area (Å²) in [6, 6.07) is 6.79. The van der Waals surface area contributed by atoms with Crippen molar-refractivity contribution in [2.45, 2.75) is 25.5 Å². The van der Waals surface area contributed by atoms with E-state index in [1.165, 1.54) is 12.1 Å². The van der Waals surface area contributed by atoms with E-state index in [2.05, 4.69) is 17.1 Å². The second-order valence-corrected chi connectivity index (χ2v) is 5.03. The SMILES string of the molecule is CCCN1CCOC(C(NC)c2ccc(F)cc2)C1. The van der Waals surface area contributed by atoms with Crippen LogP contribution >= 0.6 is 0 Å². The molecule has 2 atom stereocenters. The van der Waals surface area contributed by atoms with Crippen LogP contribution in [0.4, 0.5) is 4.39 Å². The number of likely N-dealkylation sites (N-methyl/N-ethyl adjacent to an activating group) is 1. The fourth-order valence-corrected chi connectivity index (χ4v) is 2.69. The number of benzene rings is 1. The van der Waals surface area contributed by atoms with Crippen molar-refractivity contribution in [3.8, 4) is 0 Å². The zero-order valence-electron chi connectivity index (χ0n) is 11.7. The highest BCUT2D eigenvalue weighted by molar-refractivity contribution is 5.21. The van der Waals surface area contributed by atoms with E-state index in [0.717, 1.165) is 38.2 Å². The first-order chi connectivity index (χ1) is 9.24. The third-order valence-corrected chi connectivity index (χ3v) is 3.63. The summed E-state index contributed by atoms with van der Waals surface area (Å²) < 4.78 is 18.9. The van der Waals surface area contributed by atoms with Crippen molar-refractivity contribution >= 4 is 0 Å². The van der Waals surface area contributed by atoms with Crippen LogP contribution in [0.5, 0.6) is 0 Å². The van der Waals surface area contributed by atoms with Crippen LogP contribution in [-0.2, 0) is 4.74 Å². The Morgan fingerprint density at radius 1 is 1.42 bits per heavy atom. The van der Waals surface area contributed by atoms with Crippen LogP contribution in [0.2, 0.25) is 0 Å². The molecule has 2 rings (SSSR count). The van der Waals surface area contributed by atoms with E-state index in [-0.39, 0.29) is 18.0 Å². The summed E-state index contributed by atoms with van der Waals surface area (Å²) in [5.41, 5.74) is 1.08. The number of nitrogens with zero attached hydrogens (tertiary/aromatic N) is 1. The lowest BCUT2D eigenvalue weighted by atomic mass is 10.00. The van der Waals surface area contributed by atoms with Crippen molar-refractivity contribution in [3.63, 3.8) is 0 Å². The van der Waals surface area contributed by atoms with Gasteiger partial charge in [-0.25, -0.2) is 4.39 Å². The molecule has 4 heteroatoms. The average Bonchev–Trinajstić information content (AvgIpc) is 2.43. The molecule has 0 aromatic heterocycles. The molecule has 1 aromatic carbocycles. The molecule has 1 fully saturated rings. The van der Waals surface area contributed by atoms with Crippen molar-refractivity contribution in [3.05, 3.63) is 35.6 Å². The predicted molar refractivity (Wildman–Crippen MR) is 74.7 cm³/mol. The highest BCUT2D eigenvalue weighted by Gasteiger charge is 2.27. The molecule has 0 aliphatic carbocycles. The summed E-state index contributed by atoms with van der Waals surface area (Å²) in [6.45, 7) is 6.00. The molecule has 3 nitrogen and oxygen atoms in total. The van der Waals surface area contributed by atoms with E-state index in [1.54, 1.807) is 0 Å². The van der Waals surface area contributed by atoms with E-state index in [9.17, 15) is 4.39 Å². The van der Waals surface area contributed by atoms with Crippen LogP contribution in [0, 0.1) is 5.82 Å². The van der Waals surface area contributed by atoms with Gasteiger partial charge in [0.1, 0.15) is 5.82 Å². The third kappa shape index (κ3) is 3.75. The van der Waals surface area contributed by atoms with Gasteiger partial charge in [-0.1, -0.05) is 19.1 Å². The summed E-state index contributed by atoms with van der Waals surface area (Å²) in [5, 5.41) is 3.30. The number of rotatable bonds is 5. The second kappa shape index (κ2) is 6.98. The minimum absolute atomic E-state index is 0.111. The molecule has 1 aliphatic heterocycles. The monoisotopic (exact) mass is 266 g/mol. The molecular weight excluding hydrogens is 243 g/mol. The summed E-state index contributed by atoms with van der Waals surface area (Å²) in [6.07, 6.45) is 1.28. The Hall–Kier alpha value is -0.970. The van der Waals surface area contributed by atoms with E-state index >= 15 is 0 Å². The molecule has 19 heavy (non-hydrogen) atoms. The van der Waals surface area contributed by atoms with Crippen molar-refractivity contribution in [2.75, 3.05) is 33.3 Å². The molecule has 1 aliphatic rings. The fourth-order valence-electron chi connectivity index (χ4n) is 2.69. The second-order valence-electron chi connectivity index (χ2n) is 5.03. The Labute approximate surface area is 114 Å². The normalized spacial score (nSPS) is 22.4. The van der Waals surface area contributed by atoms with Crippen LogP contribution in [0.3, 0.4) is 0 Å². The van der Waals surface area contributed by atoms with Crippen LogP contribution in [0.25, 0.3) is 0 Å². The molecule has 2 unspecified atom stereocenters. The van der Waals surface area contributed by atoms with E-state index in [1.807, 2.05) is 19.2 Å². The van der Waals surface area contributed by atoms with Gasteiger partial charge in [0.15, 0.2) is 0 Å². The largest absolute Gasteiger partial charge is 0.374 e. The fraction of sp³-hybridized carbons (Fsp3) is 0.600. The summed E-state index contributed by atoms with van der Waals surface area (Å²) in [4.78, 5) is 2.43. The lowest BCUT2D eigenvalue weighted by molar-refractivity contribution is -0.0459. The maximum Gasteiger partial charge on any atom is 0.123 e. The van der Waals surface area contributed by atoms with Gasteiger partial charge in [0, 0.05) is 13.1 Å². The average molecular weight is 266 g/mol. The van der Waals surface area contributed by atoms with Crippen LogP contribution < -0.4 is 5.32 Å². The van der Waals surface area contributed by atoms with E-state index in [4.69, 9.17) is 4.74 Å². The van der Waals surface area contributed by atoms with Gasteiger partial charge in [-0.15, -0.1) is 0 Å². The number of ether oxygens (including phenoxy) is 1. The number of nitrogens with one attached hydrogen (secondary N) is 1. The Bertz CT molecular complexity index is 380. The predicted octanol–water partition coefficient (Wildman–Crippen LogP) is 2.20. The Morgan fingerprint density at radius 2 is 2.16 bits per heavy atom. The molecule has 0 spiro atoms. The van der Waals surface area contributed by atoms with Gasteiger partial charge in [0.2, 0.25) is 0 Å². The first kappa shape index (κ1) is 14.4. The van der Waals surface area contributed by atoms with Gasteiger partial charge in [-0.3, -0.25) is 4.90 Å². The van der Waals surface area contributed by atoms with Gasteiger partial charge >= 0.3 is 0 Å². The maximum absolute atomic E-state index is 13.0. The van der Waals surface area contributed by atoms with Crippen molar-refractivity contribution in [1.29, 1.82) is 0 Å². The zero-order chi connectivity index (χ0) is 13.7. The van der Waals surface area contributed by atoms with Gasteiger partial charge < -0.3 is 10.1 Å². The molecule has 0 amide bonds. The summed E-state index contributed by atoms with van der Waals surface area (Å²) in [7, 11) is 1.93. The standard InChI is InChI=1S/C15H23FN2O/c1-3-8-18-9-10-19-14(11-18)15(17-2)12-4-6-13(16)7-5-12/h4-7,14-15,17H,3,8-11H2,1-2H3. The number of hydrogen-bond donors (Lipinski definition) is 1. The van der Waals surface area contributed by atoms with E-state index in [0.29, 0.717) is 0 Å². The molecule has 106 valence electrons. The van der Waals surface area contributed by atoms with Crippen molar-refractivity contribution in [1.82, 2.24) is 10.2 Å². The van der Waals surface area contributed by atoms with Crippen LogP contribution in [-0.4, -0.2) is 44.3 Å². The number of morpholine rings is 1. The highest BCUT2D eigenvalue weighted by Crippen LogP contribution is 2.22. The molecule has 0 bridgehead atoms. The highest BCUT2D eigenvalue weighted by atomic mass is 19.1. The third-order valence-electron chi connectivity index (χ3n) is 3.63. The molecule has 1 saturated heterocycles. The van der Waals surface area contributed by atoms with Gasteiger partial charge in [0.25, 0.3) is 0 Å². The number of halogens is 1. The maximum atomic E-state index is 13.0. The van der Waals surface area contributed by atoms with Gasteiger partial charge in [-0.05, 0) is 37.7 Å². The zero-order valence-corrected chi connectivity index (χ0v) is 11.7. The quantitative estimate of drug-likeness (QED) is 0.884. The first-order valence-electron chi connectivity index (χ1n) is 7.01. The topological polar surface area (TPSA) is 24.5 Å². The molecular formula is C15H23FN2O. The molecule has 1 heterocycles. The van der Waals surface area contributed by atoms with Gasteiger partial charge in [0.05, 0.1) is 18.8 Å². The van der Waals surface area contributed by atoms with E-state index < -0.39 is 0 Å². The Kier molecular flexibility index (Phi) is 5.31. The molecule has 1 aromatic rings. The first-order valence-corrected chi connectivity index (χ1v) is 7.01. The smallest absolute Gasteiger partial charge is 0.123 e. The van der Waals surface area contributed by atoms with Crippen LogP contribution in [0.15, 0.2) is 24.3 Å². The Morgan fingerprint density at radius 3 is 2.79 bits per heavy atom.